The van der Waals surface area contributed by atoms with Crippen LogP contribution in [0.3, 0.4) is 0 Å². The molecule has 2 aromatic carbocycles. The third-order valence-electron chi connectivity index (χ3n) is 3.91. The van der Waals surface area contributed by atoms with Crippen molar-refractivity contribution >= 4 is 11.7 Å². The lowest BCUT2D eigenvalue weighted by Crippen LogP contribution is -2.14. The van der Waals surface area contributed by atoms with Crippen LogP contribution in [-0.2, 0) is 4.74 Å². The van der Waals surface area contributed by atoms with E-state index in [9.17, 15) is 9.90 Å². The van der Waals surface area contributed by atoms with Crippen LogP contribution >= 0.6 is 0 Å². The summed E-state index contributed by atoms with van der Waals surface area (Å²) in [4.78, 5) is 14.0. The number of carbonyl (C=O) groups is 1. The number of phenolic OH excluding ortho intramolecular Hbond substituents is 1. The number of nitrogens with zero attached hydrogens (tertiary/aromatic N) is 3. The maximum absolute atomic E-state index is 12.3. The zero-order valence-electron chi connectivity index (χ0n) is 15.4. The van der Waals surface area contributed by atoms with Crippen LogP contribution in [0.1, 0.15) is 16.1 Å². The number of ether oxygens (including phenoxy) is 2. The second kappa shape index (κ2) is 7.82. The van der Waals surface area contributed by atoms with Crippen molar-refractivity contribution in [1.29, 1.82) is 0 Å². The number of benzene rings is 2. The third kappa shape index (κ3) is 4.03. The summed E-state index contributed by atoms with van der Waals surface area (Å²) in [7, 11) is 3.56. The Balaban J connectivity index is 1.69. The van der Waals surface area contributed by atoms with Crippen molar-refractivity contribution in [3.8, 4) is 17.3 Å². The van der Waals surface area contributed by atoms with E-state index in [0.29, 0.717) is 11.6 Å². The number of aromatic hydroxyl groups is 1. The van der Waals surface area contributed by atoms with Crippen LogP contribution in [0.5, 0.6) is 11.6 Å². The average molecular weight is 367 g/mol. The van der Waals surface area contributed by atoms with E-state index in [0.717, 1.165) is 11.4 Å². The Morgan fingerprint density at radius 3 is 2.59 bits per heavy atom. The number of aryl methyl sites for hydroxylation is 1. The molecule has 0 atom stereocenters. The van der Waals surface area contributed by atoms with Gasteiger partial charge in [-0.25, -0.2) is 9.48 Å². The van der Waals surface area contributed by atoms with Crippen molar-refractivity contribution in [2.45, 2.75) is 6.92 Å². The molecular formula is C20H21N3O4. The standard InChI is InChI=1S/C20H21N3O4/c1-14-12-18(23(21-14)15-8-5-4-6-9-15)26-13-27-20(25)16-10-7-11-17(19(16)24)22(2)3/h4-12,24H,13H2,1-3H3. The van der Waals surface area contributed by atoms with E-state index in [1.165, 1.54) is 6.07 Å². The first-order chi connectivity index (χ1) is 13.0. The van der Waals surface area contributed by atoms with Crippen LogP contribution in [-0.4, -0.2) is 41.7 Å². The van der Waals surface area contributed by atoms with Gasteiger partial charge in [-0.05, 0) is 31.2 Å². The van der Waals surface area contributed by atoms with Gasteiger partial charge in [-0.15, -0.1) is 0 Å². The Labute approximate surface area is 157 Å². The van der Waals surface area contributed by atoms with Crippen molar-refractivity contribution in [1.82, 2.24) is 9.78 Å². The molecule has 3 rings (SSSR count). The fourth-order valence-corrected chi connectivity index (χ4v) is 2.61. The summed E-state index contributed by atoms with van der Waals surface area (Å²) in [6.07, 6.45) is 0. The highest BCUT2D eigenvalue weighted by Crippen LogP contribution is 2.30. The van der Waals surface area contributed by atoms with Crippen molar-refractivity contribution in [3.05, 3.63) is 65.9 Å². The predicted octanol–water partition coefficient (Wildman–Crippen LogP) is 3.15. The summed E-state index contributed by atoms with van der Waals surface area (Å²) in [5.41, 5.74) is 2.22. The maximum atomic E-state index is 12.3. The fourth-order valence-electron chi connectivity index (χ4n) is 2.61. The molecule has 0 spiro atoms. The molecule has 0 saturated carbocycles. The summed E-state index contributed by atoms with van der Waals surface area (Å²) < 4.78 is 12.4. The monoisotopic (exact) mass is 367 g/mol. The predicted molar refractivity (Wildman–Crippen MR) is 102 cm³/mol. The Bertz CT molecular complexity index is 936. The van der Waals surface area contributed by atoms with Gasteiger partial charge in [0, 0.05) is 20.2 Å². The summed E-state index contributed by atoms with van der Waals surface area (Å²) in [6, 6.07) is 16.2. The van der Waals surface area contributed by atoms with Crippen molar-refractivity contribution < 1.29 is 19.4 Å². The van der Waals surface area contributed by atoms with Gasteiger partial charge in [0.2, 0.25) is 12.7 Å². The molecule has 7 nitrogen and oxygen atoms in total. The summed E-state index contributed by atoms with van der Waals surface area (Å²) >= 11 is 0. The topological polar surface area (TPSA) is 76.8 Å². The molecule has 0 unspecified atom stereocenters. The first kappa shape index (κ1) is 18.3. The third-order valence-corrected chi connectivity index (χ3v) is 3.91. The highest BCUT2D eigenvalue weighted by molar-refractivity contribution is 5.94. The lowest BCUT2D eigenvalue weighted by molar-refractivity contribution is 0.0131. The molecule has 7 heteroatoms. The average Bonchev–Trinajstić information content (AvgIpc) is 3.03. The number of carbonyl (C=O) groups excluding carboxylic acids is 1. The Morgan fingerprint density at radius 1 is 1.15 bits per heavy atom. The number of aromatic nitrogens is 2. The second-order valence-electron chi connectivity index (χ2n) is 6.13. The molecule has 0 bridgehead atoms. The molecule has 0 amide bonds. The molecule has 0 aliphatic carbocycles. The lowest BCUT2D eigenvalue weighted by Gasteiger charge is -2.16. The molecule has 1 aromatic heterocycles. The van der Waals surface area contributed by atoms with E-state index in [1.807, 2.05) is 37.3 Å². The van der Waals surface area contributed by atoms with Crippen molar-refractivity contribution in [3.63, 3.8) is 0 Å². The van der Waals surface area contributed by atoms with Gasteiger partial charge in [-0.3, -0.25) is 0 Å². The summed E-state index contributed by atoms with van der Waals surface area (Å²) in [6.45, 7) is 1.55. The second-order valence-corrected chi connectivity index (χ2v) is 6.13. The van der Waals surface area contributed by atoms with Gasteiger partial charge in [0.05, 0.1) is 17.1 Å². The number of anilines is 1. The zero-order valence-corrected chi connectivity index (χ0v) is 15.4. The number of rotatable bonds is 6. The number of para-hydroxylation sites is 2. The molecule has 0 aliphatic rings. The van der Waals surface area contributed by atoms with Gasteiger partial charge >= 0.3 is 5.97 Å². The highest BCUT2D eigenvalue weighted by Gasteiger charge is 2.17. The molecule has 0 aliphatic heterocycles. The van der Waals surface area contributed by atoms with Crippen LogP contribution < -0.4 is 9.64 Å². The zero-order chi connectivity index (χ0) is 19.4. The molecule has 3 aromatic rings. The van der Waals surface area contributed by atoms with Crippen molar-refractivity contribution in [2.24, 2.45) is 0 Å². The normalized spacial score (nSPS) is 10.5. The Hall–Kier alpha value is -3.48. The van der Waals surface area contributed by atoms with Crippen LogP contribution in [0.25, 0.3) is 5.69 Å². The van der Waals surface area contributed by atoms with Crippen LogP contribution in [0.4, 0.5) is 5.69 Å². The smallest absolute Gasteiger partial charge is 0.344 e. The number of esters is 1. The highest BCUT2D eigenvalue weighted by atomic mass is 16.7. The molecule has 0 fully saturated rings. The minimum atomic E-state index is -0.668. The first-order valence-corrected chi connectivity index (χ1v) is 8.38. The lowest BCUT2D eigenvalue weighted by atomic mass is 10.1. The molecule has 0 saturated heterocycles. The number of phenols is 1. The first-order valence-electron chi connectivity index (χ1n) is 8.38. The molecule has 140 valence electrons. The summed E-state index contributed by atoms with van der Waals surface area (Å²) in [5.74, 6) is -0.339. The Morgan fingerprint density at radius 2 is 1.89 bits per heavy atom. The van der Waals surface area contributed by atoms with E-state index < -0.39 is 5.97 Å². The fraction of sp³-hybridized carbons (Fsp3) is 0.200. The minimum Gasteiger partial charge on any atom is -0.505 e. The molecule has 27 heavy (non-hydrogen) atoms. The number of hydrogen-bond donors (Lipinski definition) is 1. The van der Waals surface area contributed by atoms with E-state index in [4.69, 9.17) is 9.47 Å². The maximum Gasteiger partial charge on any atom is 0.344 e. The van der Waals surface area contributed by atoms with Gasteiger partial charge < -0.3 is 19.5 Å². The van der Waals surface area contributed by atoms with Crippen LogP contribution in [0.2, 0.25) is 0 Å². The van der Waals surface area contributed by atoms with Gasteiger partial charge in [-0.2, -0.15) is 5.10 Å². The van der Waals surface area contributed by atoms with Crippen LogP contribution in [0.15, 0.2) is 54.6 Å². The molecular weight excluding hydrogens is 346 g/mol. The van der Waals surface area contributed by atoms with E-state index in [-0.39, 0.29) is 18.1 Å². The van der Waals surface area contributed by atoms with E-state index >= 15 is 0 Å². The molecule has 1 N–H and O–H groups in total. The largest absolute Gasteiger partial charge is 0.505 e. The van der Waals surface area contributed by atoms with Crippen LogP contribution in [0, 0.1) is 6.92 Å². The van der Waals surface area contributed by atoms with Gasteiger partial charge in [0.1, 0.15) is 5.56 Å². The van der Waals surface area contributed by atoms with E-state index in [2.05, 4.69) is 5.10 Å². The summed E-state index contributed by atoms with van der Waals surface area (Å²) in [5, 5.41) is 14.6. The van der Waals surface area contributed by atoms with Gasteiger partial charge in [0.15, 0.2) is 5.75 Å². The number of hydrogen-bond acceptors (Lipinski definition) is 6. The SMILES string of the molecule is Cc1cc(OCOC(=O)c2cccc(N(C)C)c2O)n(-c2ccccc2)n1. The Kier molecular flexibility index (Phi) is 5.30. The quantitative estimate of drug-likeness (QED) is 0.533. The molecule has 0 radical (unpaired) electrons. The van der Waals surface area contributed by atoms with E-state index in [1.54, 1.807) is 41.9 Å². The minimum absolute atomic E-state index is 0.0811. The van der Waals surface area contributed by atoms with Gasteiger partial charge in [0.25, 0.3) is 0 Å². The molecule has 1 heterocycles. The van der Waals surface area contributed by atoms with Gasteiger partial charge in [-0.1, -0.05) is 24.3 Å². The van der Waals surface area contributed by atoms with Crippen molar-refractivity contribution in [2.75, 3.05) is 25.8 Å².